The van der Waals surface area contributed by atoms with Gasteiger partial charge in [-0.25, -0.2) is 4.98 Å². The van der Waals surface area contributed by atoms with Crippen molar-refractivity contribution >= 4 is 34.8 Å². The molecule has 0 radical (unpaired) electrons. The maximum absolute atomic E-state index is 5.92. The summed E-state index contributed by atoms with van der Waals surface area (Å²) in [5.74, 6) is 2.13. The van der Waals surface area contributed by atoms with E-state index < -0.39 is 5.54 Å². The predicted octanol–water partition coefficient (Wildman–Crippen LogP) is 2.08. The summed E-state index contributed by atoms with van der Waals surface area (Å²) in [4.78, 5) is 8.32. The van der Waals surface area contributed by atoms with Gasteiger partial charge in [0.15, 0.2) is 0 Å². The molecule has 92 valence electrons. The number of rotatable bonds is 4. The molecule has 2 rings (SSSR count). The van der Waals surface area contributed by atoms with Crippen LogP contribution in [0.1, 0.15) is 12.6 Å². The van der Waals surface area contributed by atoms with Gasteiger partial charge in [-0.3, -0.25) is 0 Å². The van der Waals surface area contributed by atoms with E-state index in [1.807, 2.05) is 19.9 Å². The van der Waals surface area contributed by atoms with Crippen molar-refractivity contribution in [2.24, 2.45) is 0 Å². The number of nitrogens with zero attached hydrogens (tertiary/aromatic N) is 4. The van der Waals surface area contributed by atoms with Gasteiger partial charge in [-0.2, -0.15) is 14.6 Å². The lowest BCUT2D eigenvalue weighted by Crippen LogP contribution is -2.39. The molecule has 0 aliphatic rings. The second kappa shape index (κ2) is 4.66. The maximum Gasteiger partial charge on any atom is 0.254 e. The third kappa shape index (κ3) is 2.45. The zero-order chi connectivity index (χ0) is 12.5. The van der Waals surface area contributed by atoms with E-state index in [2.05, 4.69) is 20.4 Å². The average Bonchev–Trinajstić information content (AvgIpc) is 2.77. The summed E-state index contributed by atoms with van der Waals surface area (Å²) in [6.07, 6.45) is 1.46. The quantitative estimate of drug-likeness (QED) is 0.867. The summed E-state index contributed by atoms with van der Waals surface area (Å²) < 4.78 is 1.63. The van der Waals surface area contributed by atoms with Gasteiger partial charge >= 0.3 is 0 Å². The lowest BCUT2D eigenvalue weighted by Gasteiger charge is -2.27. The highest BCUT2D eigenvalue weighted by molar-refractivity contribution is 6.22. The van der Waals surface area contributed by atoms with Crippen LogP contribution in [-0.4, -0.2) is 36.9 Å². The summed E-state index contributed by atoms with van der Waals surface area (Å²) in [5, 5.41) is 7.39. The molecule has 0 amide bonds. The molecule has 0 aliphatic carbocycles. The van der Waals surface area contributed by atoms with E-state index in [-0.39, 0.29) is 0 Å². The molecule has 2 aromatic heterocycles. The van der Waals surface area contributed by atoms with Crippen molar-refractivity contribution in [2.45, 2.75) is 19.4 Å². The first-order chi connectivity index (χ1) is 8.08. The first kappa shape index (κ1) is 12.4. The Kier molecular flexibility index (Phi) is 3.40. The normalized spacial score (nSPS) is 12.0. The molecule has 0 saturated carbocycles. The molecule has 7 heteroatoms. The second-order valence-electron chi connectivity index (χ2n) is 4.21. The molecule has 17 heavy (non-hydrogen) atoms. The Morgan fingerprint density at radius 2 is 2.12 bits per heavy atom. The van der Waals surface area contributed by atoms with Crippen LogP contribution in [0.25, 0.3) is 5.78 Å². The summed E-state index contributed by atoms with van der Waals surface area (Å²) in [6, 6.07) is 1.89. The first-order valence-corrected chi connectivity index (χ1v) is 6.22. The predicted molar refractivity (Wildman–Crippen MR) is 69.0 cm³/mol. The molecule has 0 fully saturated rings. The first-order valence-electron chi connectivity index (χ1n) is 5.15. The number of aryl methyl sites for hydroxylation is 1. The number of hydrogen-bond donors (Lipinski definition) is 1. The van der Waals surface area contributed by atoms with Crippen LogP contribution in [0.2, 0.25) is 0 Å². The highest BCUT2D eigenvalue weighted by atomic mass is 35.5. The van der Waals surface area contributed by atoms with Crippen molar-refractivity contribution in [1.82, 2.24) is 19.6 Å². The number of aromatic nitrogens is 4. The monoisotopic (exact) mass is 273 g/mol. The van der Waals surface area contributed by atoms with Crippen molar-refractivity contribution < 1.29 is 0 Å². The number of nitrogens with one attached hydrogen (secondary N) is 1. The van der Waals surface area contributed by atoms with E-state index in [1.165, 1.54) is 6.33 Å². The molecule has 1 N–H and O–H groups in total. The molecule has 5 nitrogen and oxygen atoms in total. The molecular formula is C10H13Cl2N5. The van der Waals surface area contributed by atoms with Crippen LogP contribution in [0.4, 0.5) is 5.82 Å². The summed E-state index contributed by atoms with van der Waals surface area (Å²) in [5.41, 5.74) is 0.468. The van der Waals surface area contributed by atoms with E-state index >= 15 is 0 Å². The molecule has 0 bridgehead atoms. The van der Waals surface area contributed by atoms with Crippen LogP contribution >= 0.6 is 23.2 Å². The second-order valence-corrected chi connectivity index (χ2v) is 4.74. The number of halogens is 2. The Labute approximate surface area is 109 Å². The van der Waals surface area contributed by atoms with Crippen molar-refractivity contribution in [2.75, 3.05) is 17.1 Å². The molecule has 0 aromatic carbocycles. The van der Waals surface area contributed by atoms with Gasteiger partial charge in [-0.05, 0) is 13.8 Å². The fourth-order valence-electron chi connectivity index (χ4n) is 1.43. The highest BCUT2D eigenvalue weighted by Crippen LogP contribution is 2.19. The van der Waals surface area contributed by atoms with E-state index in [0.717, 1.165) is 11.5 Å². The smallest absolute Gasteiger partial charge is 0.254 e. The van der Waals surface area contributed by atoms with Crippen molar-refractivity contribution in [3.05, 3.63) is 18.1 Å². The highest BCUT2D eigenvalue weighted by Gasteiger charge is 2.23. The molecule has 2 aromatic rings. The minimum atomic E-state index is -0.393. The summed E-state index contributed by atoms with van der Waals surface area (Å²) in [7, 11) is 0. The molecule has 0 unspecified atom stereocenters. The van der Waals surface area contributed by atoms with Gasteiger partial charge in [-0.15, -0.1) is 23.2 Å². The molecule has 2 heterocycles. The largest absolute Gasteiger partial charge is 0.362 e. The van der Waals surface area contributed by atoms with E-state index in [1.54, 1.807) is 4.52 Å². The fourth-order valence-corrected chi connectivity index (χ4v) is 1.85. The molecule has 0 spiro atoms. The minimum absolute atomic E-state index is 0.393. The van der Waals surface area contributed by atoms with Gasteiger partial charge in [0.1, 0.15) is 12.1 Å². The van der Waals surface area contributed by atoms with E-state index in [0.29, 0.717) is 17.5 Å². The minimum Gasteiger partial charge on any atom is -0.362 e. The molecule has 0 aliphatic heterocycles. The van der Waals surface area contributed by atoms with Gasteiger partial charge in [0.2, 0.25) is 0 Å². The van der Waals surface area contributed by atoms with E-state index in [9.17, 15) is 0 Å². The van der Waals surface area contributed by atoms with Gasteiger partial charge < -0.3 is 5.32 Å². The number of fused-ring (bicyclic) bond motifs is 1. The van der Waals surface area contributed by atoms with Crippen LogP contribution in [0.15, 0.2) is 12.4 Å². The van der Waals surface area contributed by atoms with Crippen LogP contribution in [0.3, 0.4) is 0 Å². The van der Waals surface area contributed by atoms with Crippen molar-refractivity contribution in [3.8, 4) is 0 Å². The molecular weight excluding hydrogens is 261 g/mol. The number of anilines is 1. The Hall–Kier alpha value is -1.07. The van der Waals surface area contributed by atoms with Gasteiger partial charge in [0.25, 0.3) is 5.78 Å². The van der Waals surface area contributed by atoms with Crippen molar-refractivity contribution in [3.63, 3.8) is 0 Å². The Morgan fingerprint density at radius 3 is 2.76 bits per heavy atom. The Bertz CT molecular complexity index is 520. The van der Waals surface area contributed by atoms with Gasteiger partial charge in [-0.1, -0.05) is 0 Å². The maximum atomic E-state index is 5.92. The summed E-state index contributed by atoms with van der Waals surface area (Å²) >= 11 is 11.8. The third-order valence-electron chi connectivity index (χ3n) is 2.40. The number of hydrogen-bond acceptors (Lipinski definition) is 4. The van der Waals surface area contributed by atoms with Crippen molar-refractivity contribution in [1.29, 1.82) is 0 Å². The third-order valence-corrected chi connectivity index (χ3v) is 3.58. The Balaban J connectivity index is 2.44. The molecule has 0 atom stereocenters. The lowest BCUT2D eigenvalue weighted by molar-refractivity contribution is 0.639. The van der Waals surface area contributed by atoms with Gasteiger partial charge in [0, 0.05) is 23.5 Å². The van der Waals surface area contributed by atoms with Crippen LogP contribution in [-0.2, 0) is 0 Å². The summed E-state index contributed by atoms with van der Waals surface area (Å²) in [6.45, 7) is 3.85. The zero-order valence-electron chi connectivity index (χ0n) is 9.61. The van der Waals surface area contributed by atoms with Gasteiger partial charge in [0.05, 0.1) is 5.54 Å². The fraction of sp³-hybridized carbons (Fsp3) is 0.500. The molecule has 0 saturated heterocycles. The average molecular weight is 274 g/mol. The van der Waals surface area contributed by atoms with E-state index in [4.69, 9.17) is 23.2 Å². The topological polar surface area (TPSA) is 55.1 Å². The zero-order valence-corrected chi connectivity index (χ0v) is 11.1. The lowest BCUT2D eigenvalue weighted by atomic mass is 10.1. The SMILES string of the molecule is Cc1cc(NC(C)(CCl)CCl)n2ncnc2n1. The standard InChI is InChI=1S/C10H13Cl2N5/c1-7-3-8(16-10(2,4-11)5-12)17-9(15-7)13-6-14-17/h3,6,16H,4-5H2,1-2H3. The van der Waals surface area contributed by atoms with Crippen LogP contribution in [0, 0.1) is 6.92 Å². The Morgan fingerprint density at radius 1 is 1.41 bits per heavy atom. The van der Waals surface area contributed by atoms with Crippen LogP contribution < -0.4 is 5.32 Å². The van der Waals surface area contributed by atoms with Crippen LogP contribution in [0.5, 0.6) is 0 Å². The number of alkyl halides is 2.